The van der Waals surface area contributed by atoms with Gasteiger partial charge >= 0.3 is 0 Å². The predicted octanol–water partition coefficient (Wildman–Crippen LogP) is 4.02. The van der Waals surface area contributed by atoms with Crippen molar-refractivity contribution in [3.8, 4) is 0 Å². The van der Waals surface area contributed by atoms with E-state index in [1.165, 1.54) is 17.7 Å². The lowest BCUT2D eigenvalue weighted by Crippen LogP contribution is -2.42. The largest absolute Gasteiger partial charge is 0.326 e. The Morgan fingerprint density at radius 2 is 2.00 bits per heavy atom. The van der Waals surface area contributed by atoms with Crippen molar-refractivity contribution in [1.82, 2.24) is 4.90 Å². The molecule has 1 rings (SSSR count). The SMILES string of the molecule is CCC(CC)N(C)C(c1cc(Br)cs1)C(C)N. The highest BCUT2D eigenvalue weighted by Crippen LogP contribution is 2.32. The third kappa shape index (κ3) is 3.78. The Balaban J connectivity index is 2.93. The Morgan fingerprint density at radius 1 is 1.41 bits per heavy atom. The summed E-state index contributed by atoms with van der Waals surface area (Å²) >= 11 is 5.31. The number of likely N-dealkylation sites (N-methyl/N-ethyl adjacent to an activating group) is 1. The second kappa shape index (κ2) is 6.88. The molecule has 0 saturated carbocycles. The summed E-state index contributed by atoms with van der Waals surface area (Å²) in [6, 6.07) is 3.26. The standard InChI is InChI=1S/C13H23BrN2S/c1-5-11(6-2)16(4)13(9(3)15)12-7-10(14)8-17-12/h7-9,11,13H,5-6,15H2,1-4H3. The van der Waals surface area contributed by atoms with Gasteiger partial charge in [-0.1, -0.05) is 13.8 Å². The molecule has 2 atom stereocenters. The summed E-state index contributed by atoms with van der Waals surface area (Å²) in [5.41, 5.74) is 6.18. The van der Waals surface area contributed by atoms with Crippen LogP contribution in [0.5, 0.6) is 0 Å². The highest BCUT2D eigenvalue weighted by atomic mass is 79.9. The van der Waals surface area contributed by atoms with E-state index in [2.05, 4.69) is 60.1 Å². The van der Waals surface area contributed by atoms with Gasteiger partial charge in [0.1, 0.15) is 0 Å². The second-order valence-electron chi connectivity index (χ2n) is 4.61. The van der Waals surface area contributed by atoms with Crippen molar-refractivity contribution in [1.29, 1.82) is 0 Å². The zero-order valence-electron chi connectivity index (χ0n) is 11.1. The second-order valence-corrected chi connectivity index (χ2v) is 6.47. The summed E-state index contributed by atoms with van der Waals surface area (Å²) in [6.07, 6.45) is 2.34. The maximum absolute atomic E-state index is 6.18. The summed E-state index contributed by atoms with van der Waals surface area (Å²) in [5, 5.41) is 2.13. The van der Waals surface area contributed by atoms with Gasteiger partial charge in [0.15, 0.2) is 0 Å². The van der Waals surface area contributed by atoms with Gasteiger partial charge in [-0.25, -0.2) is 0 Å². The molecule has 0 spiro atoms. The van der Waals surface area contributed by atoms with E-state index < -0.39 is 0 Å². The van der Waals surface area contributed by atoms with Crippen LogP contribution in [0.4, 0.5) is 0 Å². The number of halogens is 1. The molecule has 2 unspecified atom stereocenters. The molecule has 0 aliphatic rings. The topological polar surface area (TPSA) is 29.3 Å². The zero-order valence-corrected chi connectivity index (χ0v) is 13.5. The van der Waals surface area contributed by atoms with Gasteiger partial charge in [0.25, 0.3) is 0 Å². The molecule has 2 nitrogen and oxygen atoms in total. The lowest BCUT2D eigenvalue weighted by Gasteiger charge is -2.36. The van der Waals surface area contributed by atoms with Gasteiger partial charge in [-0.05, 0) is 48.8 Å². The number of rotatable bonds is 6. The van der Waals surface area contributed by atoms with Gasteiger partial charge in [-0.3, -0.25) is 4.90 Å². The number of nitrogens with two attached hydrogens (primary N) is 1. The average Bonchev–Trinajstić information content (AvgIpc) is 2.66. The molecule has 1 aromatic heterocycles. The maximum atomic E-state index is 6.18. The molecular weight excluding hydrogens is 296 g/mol. The molecule has 0 radical (unpaired) electrons. The summed E-state index contributed by atoms with van der Waals surface area (Å²) < 4.78 is 1.15. The highest BCUT2D eigenvalue weighted by molar-refractivity contribution is 9.10. The Kier molecular flexibility index (Phi) is 6.13. The van der Waals surface area contributed by atoms with Crippen molar-refractivity contribution in [2.24, 2.45) is 5.73 Å². The van der Waals surface area contributed by atoms with Crippen LogP contribution in [0.25, 0.3) is 0 Å². The Morgan fingerprint density at radius 3 is 2.35 bits per heavy atom. The highest BCUT2D eigenvalue weighted by Gasteiger charge is 2.26. The fraction of sp³-hybridized carbons (Fsp3) is 0.692. The first kappa shape index (κ1) is 15.2. The van der Waals surface area contributed by atoms with E-state index in [0.29, 0.717) is 12.1 Å². The van der Waals surface area contributed by atoms with Crippen molar-refractivity contribution in [2.45, 2.75) is 51.7 Å². The van der Waals surface area contributed by atoms with Crippen LogP contribution in [0.2, 0.25) is 0 Å². The van der Waals surface area contributed by atoms with Crippen LogP contribution in [0, 0.1) is 0 Å². The Hall–Kier alpha value is 0.1000. The van der Waals surface area contributed by atoms with Gasteiger partial charge in [-0.2, -0.15) is 0 Å². The first-order valence-electron chi connectivity index (χ1n) is 6.22. The predicted molar refractivity (Wildman–Crippen MR) is 80.5 cm³/mol. The molecule has 1 heterocycles. The Bertz CT molecular complexity index is 334. The molecule has 98 valence electrons. The minimum atomic E-state index is 0.145. The zero-order chi connectivity index (χ0) is 13.0. The third-order valence-electron chi connectivity index (χ3n) is 3.33. The minimum Gasteiger partial charge on any atom is -0.326 e. The van der Waals surface area contributed by atoms with Crippen molar-refractivity contribution in [2.75, 3.05) is 7.05 Å². The molecule has 0 aliphatic carbocycles. The first-order valence-corrected chi connectivity index (χ1v) is 7.89. The number of hydrogen-bond acceptors (Lipinski definition) is 3. The fourth-order valence-corrected chi connectivity index (χ4v) is 4.12. The van der Waals surface area contributed by atoms with Crippen LogP contribution in [0.15, 0.2) is 15.9 Å². The van der Waals surface area contributed by atoms with Crippen molar-refractivity contribution in [3.63, 3.8) is 0 Å². The summed E-state index contributed by atoms with van der Waals surface area (Å²) in [4.78, 5) is 3.78. The van der Waals surface area contributed by atoms with Crippen LogP contribution >= 0.6 is 27.3 Å². The van der Waals surface area contributed by atoms with E-state index in [1.54, 1.807) is 11.3 Å². The summed E-state index contributed by atoms with van der Waals surface area (Å²) in [6.45, 7) is 6.58. The molecule has 4 heteroatoms. The molecular formula is C13H23BrN2S. The van der Waals surface area contributed by atoms with E-state index in [0.717, 1.165) is 4.47 Å². The van der Waals surface area contributed by atoms with Crippen molar-refractivity contribution < 1.29 is 0 Å². The number of hydrogen-bond donors (Lipinski definition) is 1. The lowest BCUT2D eigenvalue weighted by molar-refractivity contribution is 0.149. The van der Waals surface area contributed by atoms with Crippen molar-refractivity contribution in [3.05, 3.63) is 20.8 Å². The summed E-state index contributed by atoms with van der Waals surface area (Å²) in [7, 11) is 2.19. The quantitative estimate of drug-likeness (QED) is 0.858. The van der Waals surface area contributed by atoms with E-state index in [-0.39, 0.29) is 6.04 Å². The Labute approximate surface area is 117 Å². The van der Waals surface area contributed by atoms with Crippen LogP contribution in [-0.4, -0.2) is 24.0 Å². The van der Waals surface area contributed by atoms with Gasteiger partial charge in [0, 0.05) is 26.8 Å². The number of nitrogens with zero attached hydrogens (tertiary/aromatic N) is 1. The monoisotopic (exact) mass is 318 g/mol. The van der Waals surface area contributed by atoms with Crippen LogP contribution in [0.3, 0.4) is 0 Å². The van der Waals surface area contributed by atoms with Crippen molar-refractivity contribution >= 4 is 27.3 Å². The molecule has 0 amide bonds. The van der Waals surface area contributed by atoms with E-state index in [9.17, 15) is 0 Å². The van der Waals surface area contributed by atoms with Gasteiger partial charge < -0.3 is 5.73 Å². The van der Waals surface area contributed by atoms with Crippen LogP contribution in [0.1, 0.15) is 44.5 Å². The van der Waals surface area contributed by atoms with Gasteiger partial charge in [-0.15, -0.1) is 11.3 Å². The normalized spacial score (nSPS) is 15.5. The molecule has 2 N–H and O–H groups in total. The van der Waals surface area contributed by atoms with Crippen LogP contribution < -0.4 is 5.73 Å². The molecule has 0 bridgehead atoms. The molecule has 0 aromatic carbocycles. The third-order valence-corrected chi connectivity index (χ3v) is 5.10. The first-order chi connectivity index (χ1) is 8.01. The lowest BCUT2D eigenvalue weighted by atomic mass is 10.0. The molecule has 0 saturated heterocycles. The van der Waals surface area contributed by atoms with E-state index in [1.807, 2.05) is 0 Å². The van der Waals surface area contributed by atoms with Gasteiger partial charge in [0.05, 0.1) is 6.04 Å². The maximum Gasteiger partial charge on any atom is 0.0591 e. The fourth-order valence-electron chi connectivity index (χ4n) is 2.41. The molecule has 0 aliphatic heterocycles. The minimum absolute atomic E-state index is 0.145. The van der Waals surface area contributed by atoms with E-state index in [4.69, 9.17) is 5.73 Å². The van der Waals surface area contributed by atoms with Crippen LogP contribution in [-0.2, 0) is 0 Å². The number of thiophene rings is 1. The molecule has 0 fully saturated rings. The van der Waals surface area contributed by atoms with Gasteiger partial charge in [0.2, 0.25) is 0 Å². The summed E-state index contributed by atoms with van der Waals surface area (Å²) in [5.74, 6) is 0. The molecule has 1 aromatic rings. The smallest absolute Gasteiger partial charge is 0.0591 e. The van der Waals surface area contributed by atoms with E-state index >= 15 is 0 Å². The molecule has 17 heavy (non-hydrogen) atoms. The average molecular weight is 319 g/mol.